The lowest BCUT2D eigenvalue weighted by atomic mass is 9.86. The number of urea groups is 1. The van der Waals surface area contributed by atoms with E-state index in [0.29, 0.717) is 31.4 Å². The average Bonchev–Trinajstić information content (AvgIpc) is 3.11. The molecule has 6 nitrogen and oxygen atoms in total. The van der Waals surface area contributed by atoms with Crippen molar-refractivity contribution in [1.82, 2.24) is 5.32 Å². The van der Waals surface area contributed by atoms with E-state index < -0.39 is 17.8 Å². The molecule has 0 atom stereocenters. The summed E-state index contributed by atoms with van der Waals surface area (Å²) in [6.07, 6.45) is 6.58. The molecule has 0 heterocycles. The number of rotatable bonds is 5. The molecule has 0 saturated heterocycles. The van der Waals surface area contributed by atoms with Crippen LogP contribution >= 0.6 is 0 Å². The Hall–Kier alpha value is -2.31. The van der Waals surface area contributed by atoms with Gasteiger partial charge in [0.2, 0.25) is 0 Å². The number of halogens is 1. The second-order valence-electron chi connectivity index (χ2n) is 7.15. The molecule has 0 spiro atoms. The highest BCUT2D eigenvalue weighted by Gasteiger charge is 2.26. The van der Waals surface area contributed by atoms with Gasteiger partial charge in [0, 0.05) is 17.8 Å². The van der Waals surface area contributed by atoms with Gasteiger partial charge < -0.3 is 20.5 Å². The molecular weight excluding hydrogens is 339 g/mol. The minimum absolute atomic E-state index is 0.0552. The van der Waals surface area contributed by atoms with E-state index in [0.717, 1.165) is 25.7 Å². The van der Waals surface area contributed by atoms with Gasteiger partial charge in [-0.3, -0.25) is 4.79 Å². The summed E-state index contributed by atoms with van der Waals surface area (Å²) in [4.78, 5) is 23.0. The third kappa shape index (κ3) is 4.86. The largest absolute Gasteiger partial charge is 0.487 e. The summed E-state index contributed by atoms with van der Waals surface area (Å²) in [7, 11) is 0. The van der Waals surface area contributed by atoms with E-state index in [2.05, 4.69) is 10.6 Å². The van der Waals surface area contributed by atoms with Gasteiger partial charge in [0.15, 0.2) is 11.6 Å². The number of anilines is 1. The van der Waals surface area contributed by atoms with Gasteiger partial charge in [-0.15, -0.1) is 0 Å². The van der Waals surface area contributed by atoms with Gasteiger partial charge in [-0.05, 0) is 63.5 Å². The van der Waals surface area contributed by atoms with Crippen LogP contribution < -0.4 is 15.4 Å². The normalized spacial score (nSPS) is 23.4. The second-order valence-corrected chi connectivity index (χ2v) is 7.15. The predicted octanol–water partition coefficient (Wildman–Crippen LogP) is 3.91. The number of hydrogen-bond donors (Lipinski definition) is 3. The minimum Gasteiger partial charge on any atom is -0.487 e. The Kier molecular flexibility index (Phi) is 5.96. The Morgan fingerprint density at radius 2 is 1.77 bits per heavy atom. The minimum atomic E-state index is -0.775. The highest BCUT2D eigenvalue weighted by Crippen LogP contribution is 2.28. The van der Waals surface area contributed by atoms with Crippen molar-refractivity contribution in [2.24, 2.45) is 5.92 Å². The van der Waals surface area contributed by atoms with Gasteiger partial charge in [0.25, 0.3) is 0 Å². The first-order chi connectivity index (χ1) is 12.5. The van der Waals surface area contributed by atoms with Crippen molar-refractivity contribution in [3.05, 3.63) is 24.0 Å². The molecule has 2 amide bonds. The lowest BCUT2D eigenvalue weighted by Gasteiger charge is -2.26. The second kappa shape index (κ2) is 8.38. The van der Waals surface area contributed by atoms with Crippen molar-refractivity contribution in [3.63, 3.8) is 0 Å². The smallest absolute Gasteiger partial charge is 0.319 e. The maximum Gasteiger partial charge on any atom is 0.319 e. The first-order valence-electron chi connectivity index (χ1n) is 9.28. The Balaban J connectivity index is 1.48. The summed E-state index contributed by atoms with van der Waals surface area (Å²) in [5.74, 6) is -1.37. The number of carboxylic acid groups (broad SMARTS) is 1. The number of carbonyl (C=O) groups is 2. The fourth-order valence-electron chi connectivity index (χ4n) is 3.70. The lowest BCUT2D eigenvalue weighted by Crippen LogP contribution is -2.41. The van der Waals surface area contributed by atoms with Crippen LogP contribution in [0.4, 0.5) is 14.9 Å². The molecule has 0 unspecified atom stereocenters. The van der Waals surface area contributed by atoms with Gasteiger partial charge in [-0.2, -0.15) is 0 Å². The summed E-state index contributed by atoms with van der Waals surface area (Å²) < 4.78 is 19.8. The number of carbonyl (C=O) groups excluding carboxylic acids is 1. The van der Waals surface area contributed by atoms with Gasteiger partial charge in [-0.1, -0.05) is 0 Å². The summed E-state index contributed by atoms with van der Waals surface area (Å²) >= 11 is 0. The summed E-state index contributed by atoms with van der Waals surface area (Å²) in [5.41, 5.74) is 0.359. The van der Waals surface area contributed by atoms with Crippen molar-refractivity contribution < 1.29 is 23.8 Å². The molecule has 3 N–H and O–H groups in total. The molecule has 2 aliphatic carbocycles. The Morgan fingerprint density at radius 1 is 1.08 bits per heavy atom. The third-order valence-electron chi connectivity index (χ3n) is 5.20. The molecule has 1 aromatic rings. The van der Waals surface area contributed by atoms with Gasteiger partial charge >= 0.3 is 12.0 Å². The monoisotopic (exact) mass is 364 g/mol. The zero-order chi connectivity index (χ0) is 18.5. The first kappa shape index (κ1) is 18.5. The van der Waals surface area contributed by atoms with E-state index in [1.807, 2.05) is 0 Å². The predicted molar refractivity (Wildman–Crippen MR) is 94.8 cm³/mol. The van der Waals surface area contributed by atoms with Gasteiger partial charge in [0.05, 0.1) is 12.0 Å². The molecule has 3 rings (SSSR count). The van der Waals surface area contributed by atoms with Crippen LogP contribution in [0.1, 0.15) is 51.4 Å². The molecule has 26 heavy (non-hydrogen) atoms. The highest BCUT2D eigenvalue weighted by atomic mass is 19.1. The molecule has 7 heteroatoms. The quantitative estimate of drug-likeness (QED) is 0.739. The van der Waals surface area contributed by atoms with E-state index in [-0.39, 0.29) is 23.8 Å². The maximum absolute atomic E-state index is 14.2. The molecule has 2 aliphatic rings. The number of aliphatic carboxylic acids is 1. The van der Waals surface area contributed by atoms with Crippen LogP contribution in [-0.4, -0.2) is 29.3 Å². The number of benzene rings is 1. The van der Waals surface area contributed by atoms with Crippen LogP contribution in [0.15, 0.2) is 18.2 Å². The molecule has 0 bridgehead atoms. The van der Waals surface area contributed by atoms with Crippen molar-refractivity contribution in [2.45, 2.75) is 63.5 Å². The van der Waals surface area contributed by atoms with Crippen molar-refractivity contribution in [2.75, 3.05) is 5.32 Å². The molecule has 1 aromatic carbocycles. The highest BCUT2D eigenvalue weighted by molar-refractivity contribution is 5.89. The van der Waals surface area contributed by atoms with Crippen molar-refractivity contribution in [1.29, 1.82) is 0 Å². The molecular formula is C19H25FN2O4. The van der Waals surface area contributed by atoms with Crippen LogP contribution in [0.2, 0.25) is 0 Å². The van der Waals surface area contributed by atoms with Crippen LogP contribution in [0.5, 0.6) is 5.75 Å². The fourth-order valence-corrected chi connectivity index (χ4v) is 3.70. The van der Waals surface area contributed by atoms with Crippen LogP contribution in [0.25, 0.3) is 0 Å². The zero-order valence-corrected chi connectivity index (χ0v) is 14.7. The van der Waals surface area contributed by atoms with Gasteiger partial charge in [-0.25, -0.2) is 9.18 Å². The molecule has 0 aliphatic heterocycles. The van der Waals surface area contributed by atoms with Crippen molar-refractivity contribution >= 4 is 17.7 Å². The maximum atomic E-state index is 14.2. The van der Waals surface area contributed by atoms with Crippen molar-refractivity contribution in [3.8, 4) is 5.75 Å². The number of carboxylic acids is 1. The number of ether oxygens (including phenoxy) is 1. The number of nitrogens with one attached hydrogen (secondary N) is 2. The number of hydrogen-bond acceptors (Lipinski definition) is 3. The third-order valence-corrected chi connectivity index (χ3v) is 5.20. The summed E-state index contributed by atoms with van der Waals surface area (Å²) in [6.45, 7) is 0. The average molecular weight is 364 g/mol. The summed E-state index contributed by atoms with van der Waals surface area (Å²) in [5, 5.41) is 14.4. The molecule has 0 radical (unpaired) electrons. The summed E-state index contributed by atoms with van der Waals surface area (Å²) in [6, 6.07) is 3.95. The SMILES string of the molecule is O=C(Nc1ccc(OC2CCCC2)c(F)c1)NC1CCC(C(=O)O)CC1. The first-order valence-corrected chi connectivity index (χ1v) is 9.28. The molecule has 142 valence electrons. The molecule has 0 aromatic heterocycles. The fraction of sp³-hybridized carbons (Fsp3) is 0.579. The van der Waals surface area contributed by atoms with E-state index in [1.165, 1.54) is 6.07 Å². The van der Waals surface area contributed by atoms with Gasteiger partial charge in [0.1, 0.15) is 0 Å². The van der Waals surface area contributed by atoms with Crippen LogP contribution in [0, 0.1) is 11.7 Å². The number of amides is 2. The standard InChI is InChI=1S/C19H25FN2O4/c20-16-11-14(9-10-17(16)26-15-3-1-2-4-15)22-19(25)21-13-7-5-12(6-8-13)18(23)24/h9-13,15H,1-8H2,(H,23,24)(H2,21,22,25). The van der Waals surface area contributed by atoms with E-state index in [4.69, 9.17) is 9.84 Å². The Morgan fingerprint density at radius 3 is 2.38 bits per heavy atom. The van der Waals surface area contributed by atoms with E-state index in [1.54, 1.807) is 12.1 Å². The Labute approximate surface area is 152 Å². The van der Waals surface area contributed by atoms with E-state index in [9.17, 15) is 14.0 Å². The Bertz CT molecular complexity index is 653. The van der Waals surface area contributed by atoms with Crippen LogP contribution in [-0.2, 0) is 4.79 Å². The molecule has 2 fully saturated rings. The topological polar surface area (TPSA) is 87.7 Å². The van der Waals surface area contributed by atoms with Crippen LogP contribution in [0.3, 0.4) is 0 Å². The van der Waals surface area contributed by atoms with E-state index >= 15 is 0 Å². The zero-order valence-electron chi connectivity index (χ0n) is 14.7. The molecule has 2 saturated carbocycles. The lowest BCUT2D eigenvalue weighted by molar-refractivity contribution is -0.142.